The lowest BCUT2D eigenvalue weighted by Gasteiger charge is -2.38. The van der Waals surface area contributed by atoms with E-state index in [1.165, 1.54) is 12.1 Å². The van der Waals surface area contributed by atoms with Crippen molar-refractivity contribution in [1.82, 2.24) is 4.90 Å². The van der Waals surface area contributed by atoms with Gasteiger partial charge in [0.05, 0.1) is 10.8 Å². The Hall–Kier alpha value is -1.02. The molecule has 2 heterocycles. The molecule has 1 unspecified atom stereocenters. The van der Waals surface area contributed by atoms with Crippen LogP contribution in [0, 0.1) is 0 Å². The summed E-state index contributed by atoms with van der Waals surface area (Å²) in [7, 11) is 0. The fourth-order valence-corrected chi connectivity index (χ4v) is 5.53. The van der Waals surface area contributed by atoms with Gasteiger partial charge >= 0.3 is 6.18 Å². The van der Waals surface area contributed by atoms with E-state index < -0.39 is 11.7 Å². The minimum Gasteiger partial charge on any atom is -0.368 e. The molecule has 1 aromatic rings. The van der Waals surface area contributed by atoms with E-state index in [-0.39, 0.29) is 11.2 Å². The molecule has 0 N–H and O–H groups in total. The number of nitrogens with zero attached hydrogens (tertiary/aromatic N) is 2. The first-order chi connectivity index (χ1) is 11.4. The molecule has 0 spiro atoms. The van der Waals surface area contributed by atoms with Crippen molar-refractivity contribution in [2.24, 2.45) is 0 Å². The van der Waals surface area contributed by atoms with Gasteiger partial charge in [0.25, 0.3) is 0 Å². The lowest BCUT2D eigenvalue weighted by Crippen LogP contribution is -2.51. The van der Waals surface area contributed by atoms with Gasteiger partial charge in [0.2, 0.25) is 5.91 Å². The molecule has 0 bridgehead atoms. The SMILES string of the molecule is O=C(C1CSCCS1)N1CCN(c2cccc(C(F)(F)F)c2)CC1. The third-order valence-corrected chi connectivity index (χ3v) is 6.96. The first-order valence-corrected chi connectivity index (χ1v) is 10.1. The molecule has 2 aliphatic heterocycles. The van der Waals surface area contributed by atoms with Gasteiger partial charge in [-0.25, -0.2) is 0 Å². The number of thioether (sulfide) groups is 2. The molecule has 2 fully saturated rings. The highest BCUT2D eigenvalue weighted by atomic mass is 32.2. The maximum absolute atomic E-state index is 12.8. The van der Waals surface area contributed by atoms with Gasteiger partial charge in [0, 0.05) is 49.1 Å². The van der Waals surface area contributed by atoms with Crippen LogP contribution < -0.4 is 4.90 Å². The van der Waals surface area contributed by atoms with Crippen LogP contribution in [0.3, 0.4) is 0 Å². The second-order valence-electron chi connectivity index (χ2n) is 5.79. The summed E-state index contributed by atoms with van der Waals surface area (Å²) in [6.07, 6.45) is -4.33. The van der Waals surface area contributed by atoms with Crippen LogP contribution >= 0.6 is 23.5 Å². The van der Waals surface area contributed by atoms with Crippen molar-refractivity contribution in [3.8, 4) is 0 Å². The zero-order valence-electron chi connectivity index (χ0n) is 13.1. The number of amides is 1. The molecule has 2 saturated heterocycles. The number of rotatable bonds is 2. The predicted octanol–water partition coefficient (Wildman–Crippen LogP) is 3.20. The van der Waals surface area contributed by atoms with Crippen LogP contribution in [0.15, 0.2) is 24.3 Å². The molecule has 24 heavy (non-hydrogen) atoms. The molecule has 0 aliphatic carbocycles. The number of benzene rings is 1. The second kappa shape index (κ2) is 7.47. The normalized spacial score (nSPS) is 22.5. The fraction of sp³-hybridized carbons (Fsp3) is 0.562. The van der Waals surface area contributed by atoms with Gasteiger partial charge in [-0.05, 0) is 18.2 Å². The number of hydrogen-bond donors (Lipinski definition) is 0. The maximum atomic E-state index is 12.8. The summed E-state index contributed by atoms with van der Waals surface area (Å²) in [5.74, 6) is 3.14. The van der Waals surface area contributed by atoms with Crippen molar-refractivity contribution in [2.75, 3.05) is 48.3 Å². The number of halogens is 3. The average Bonchev–Trinajstić information content (AvgIpc) is 2.61. The summed E-state index contributed by atoms with van der Waals surface area (Å²) in [4.78, 5) is 16.3. The van der Waals surface area contributed by atoms with Crippen molar-refractivity contribution in [1.29, 1.82) is 0 Å². The Morgan fingerprint density at radius 2 is 1.88 bits per heavy atom. The van der Waals surface area contributed by atoms with Gasteiger partial charge in [0.15, 0.2) is 0 Å². The van der Waals surface area contributed by atoms with Crippen LogP contribution in [0.4, 0.5) is 18.9 Å². The Labute approximate surface area is 147 Å². The van der Waals surface area contributed by atoms with E-state index in [1.807, 2.05) is 21.6 Å². The van der Waals surface area contributed by atoms with Crippen LogP contribution in [0.5, 0.6) is 0 Å². The molecule has 3 nitrogen and oxygen atoms in total. The van der Waals surface area contributed by atoms with Crippen LogP contribution in [0.25, 0.3) is 0 Å². The summed E-state index contributed by atoms with van der Waals surface area (Å²) in [6, 6.07) is 5.40. The molecule has 1 atom stereocenters. The molecule has 0 radical (unpaired) electrons. The highest BCUT2D eigenvalue weighted by Crippen LogP contribution is 2.32. The van der Waals surface area contributed by atoms with Crippen molar-refractivity contribution in [3.63, 3.8) is 0 Å². The fourth-order valence-electron chi connectivity index (χ4n) is 2.90. The monoisotopic (exact) mass is 376 g/mol. The topological polar surface area (TPSA) is 23.6 Å². The number of carbonyl (C=O) groups is 1. The van der Waals surface area contributed by atoms with Crippen LogP contribution in [-0.2, 0) is 11.0 Å². The van der Waals surface area contributed by atoms with Crippen molar-refractivity contribution < 1.29 is 18.0 Å². The summed E-state index contributed by atoms with van der Waals surface area (Å²) in [5, 5.41) is 0.0313. The summed E-state index contributed by atoms with van der Waals surface area (Å²) in [5.41, 5.74) is -0.0614. The molecule has 8 heteroatoms. The minimum absolute atomic E-state index is 0.0313. The van der Waals surface area contributed by atoms with Gasteiger partial charge < -0.3 is 9.80 Å². The second-order valence-corrected chi connectivity index (χ2v) is 8.26. The van der Waals surface area contributed by atoms with Gasteiger partial charge in [-0.1, -0.05) is 6.07 Å². The van der Waals surface area contributed by atoms with Gasteiger partial charge in [-0.2, -0.15) is 24.9 Å². The lowest BCUT2D eigenvalue weighted by molar-refractivity contribution is -0.137. The van der Waals surface area contributed by atoms with E-state index in [4.69, 9.17) is 0 Å². The van der Waals surface area contributed by atoms with E-state index in [0.717, 1.165) is 23.3 Å². The highest BCUT2D eigenvalue weighted by molar-refractivity contribution is 8.07. The Balaban J connectivity index is 1.60. The summed E-state index contributed by atoms with van der Waals surface area (Å²) in [6.45, 7) is 2.27. The van der Waals surface area contributed by atoms with E-state index in [0.29, 0.717) is 31.9 Å². The number of alkyl halides is 3. The Morgan fingerprint density at radius 3 is 2.50 bits per heavy atom. The zero-order valence-corrected chi connectivity index (χ0v) is 14.7. The van der Waals surface area contributed by atoms with E-state index in [2.05, 4.69) is 0 Å². The van der Waals surface area contributed by atoms with Crippen molar-refractivity contribution in [2.45, 2.75) is 11.4 Å². The Kier molecular flexibility index (Phi) is 5.54. The van der Waals surface area contributed by atoms with Crippen molar-refractivity contribution in [3.05, 3.63) is 29.8 Å². The van der Waals surface area contributed by atoms with Crippen LogP contribution in [-0.4, -0.2) is 59.5 Å². The number of carbonyl (C=O) groups excluding carboxylic acids is 1. The predicted molar refractivity (Wildman–Crippen MR) is 93.8 cm³/mol. The largest absolute Gasteiger partial charge is 0.416 e. The van der Waals surface area contributed by atoms with E-state index in [1.54, 1.807) is 17.8 Å². The Bertz CT molecular complexity index is 583. The molecule has 1 amide bonds. The molecular formula is C16H19F3N2OS2. The molecule has 2 aliphatic rings. The standard InChI is InChI=1S/C16H19F3N2OS2/c17-16(18,19)12-2-1-3-13(10-12)20-4-6-21(7-5-20)15(22)14-11-23-8-9-24-14/h1-3,10,14H,4-9,11H2. The number of hydrogen-bond acceptors (Lipinski definition) is 4. The molecule has 132 valence electrons. The molecule has 0 aromatic heterocycles. The van der Waals surface area contributed by atoms with Gasteiger partial charge in [0.1, 0.15) is 0 Å². The quantitative estimate of drug-likeness (QED) is 0.791. The van der Waals surface area contributed by atoms with E-state index in [9.17, 15) is 18.0 Å². The molecule has 1 aromatic carbocycles. The maximum Gasteiger partial charge on any atom is 0.416 e. The van der Waals surface area contributed by atoms with Crippen molar-refractivity contribution >= 4 is 35.1 Å². The highest BCUT2D eigenvalue weighted by Gasteiger charge is 2.32. The summed E-state index contributed by atoms with van der Waals surface area (Å²) < 4.78 is 38.5. The lowest BCUT2D eigenvalue weighted by atomic mass is 10.1. The minimum atomic E-state index is -4.33. The van der Waals surface area contributed by atoms with Gasteiger partial charge in [-0.15, -0.1) is 11.8 Å². The zero-order chi connectivity index (χ0) is 17.2. The molecular weight excluding hydrogens is 357 g/mol. The summed E-state index contributed by atoms with van der Waals surface area (Å²) >= 11 is 3.53. The van der Waals surface area contributed by atoms with Gasteiger partial charge in [-0.3, -0.25) is 4.79 Å². The number of piperazine rings is 1. The van der Waals surface area contributed by atoms with Crippen LogP contribution in [0.2, 0.25) is 0 Å². The van der Waals surface area contributed by atoms with Crippen LogP contribution in [0.1, 0.15) is 5.56 Å². The molecule has 0 saturated carbocycles. The molecule has 3 rings (SSSR count). The first kappa shape index (κ1) is 17.8. The first-order valence-electron chi connectivity index (χ1n) is 7.85. The Morgan fingerprint density at radius 1 is 1.12 bits per heavy atom. The third-order valence-electron chi connectivity index (χ3n) is 4.22. The smallest absolute Gasteiger partial charge is 0.368 e. The third kappa shape index (κ3) is 4.14. The number of anilines is 1. The van der Waals surface area contributed by atoms with E-state index >= 15 is 0 Å². The average molecular weight is 376 g/mol.